The van der Waals surface area contributed by atoms with Gasteiger partial charge in [-0.3, -0.25) is 4.98 Å². The molecule has 18 heavy (non-hydrogen) atoms. The molecule has 94 valence electrons. The Labute approximate surface area is 105 Å². The van der Waals surface area contributed by atoms with E-state index in [1.54, 1.807) is 18.2 Å². The number of aromatic nitrogens is 1. The van der Waals surface area contributed by atoms with Crippen molar-refractivity contribution in [2.45, 2.75) is 13.0 Å². The Balaban J connectivity index is 2.45. The minimum atomic E-state index is -1.09. The molecule has 0 spiro atoms. The van der Waals surface area contributed by atoms with Gasteiger partial charge in [-0.1, -0.05) is 12.1 Å². The number of aliphatic hydroxyl groups is 1. The molecule has 3 nitrogen and oxygen atoms in total. The van der Waals surface area contributed by atoms with Crippen molar-refractivity contribution >= 4 is 0 Å². The molecule has 1 atom stereocenters. The molecule has 1 unspecified atom stereocenters. The zero-order valence-electron chi connectivity index (χ0n) is 10.2. The van der Waals surface area contributed by atoms with E-state index in [0.29, 0.717) is 11.3 Å². The average molecular weight is 247 g/mol. The fourth-order valence-electron chi connectivity index (χ4n) is 1.77. The molecule has 2 rings (SSSR count). The molecular weight excluding hydrogens is 233 g/mol. The van der Waals surface area contributed by atoms with Gasteiger partial charge in [-0.2, -0.15) is 0 Å². The topological polar surface area (TPSA) is 42.4 Å². The van der Waals surface area contributed by atoms with E-state index in [1.807, 2.05) is 6.92 Å². The van der Waals surface area contributed by atoms with Gasteiger partial charge >= 0.3 is 0 Å². The van der Waals surface area contributed by atoms with E-state index < -0.39 is 11.9 Å². The highest BCUT2D eigenvalue weighted by Crippen LogP contribution is 2.31. The van der Waals surface area contributed by atoms with Crippen LogP contribution in [0.25, 0.3) is 0 Å². The normalized spacial score (nSPS) is 12.2. The average Bonchev–Trinajstić information content (AvgIpc) is 2.38. The number of halogens is 1. The molecular formula is C14H14FNO2. The highest BCUT2D eigenvalue weighted by atomic mass is 19.1. The lowest BCUT2D eigenvalue weighted by Crippen LogP contribution is -2.05. The first kappa shape index (κ1) is 12.5. The summed E-state index contributed by atoms with van der Waals surface area (Å²) in [5.41, 5.74) is 1.50. The van der Waals surface area contributed by atoms with Crippen LogP contribution in [0.1, 0.15) is 22.9 Å². The summed E-state index contributed by atoms with van der Waals surface area (Å²) < 4.78 is 18.9. The number of hydrogen-bond donors (Lipinski definition) is 1. The summed E-state index contributed by atoms with van der Waals surface area (Å²) in [6.45, 7) is 1.85. The van der Waals surface area contributed by atoms with Crippen LogP contribution in [0, 0.1) is 12.7 Å². The summed E-state index contributed by atoms with van der Waals surface area (Å²) in [7, 11) is 1.44. The van der Waals surface area contributed by atoms with Gasteiger partial charge in [0.2, 0.25) is 0 Å². The Kier molecular flexibility index (Phi) is 3.58. The fourth-order valence-corrected chi connectivity index (χ4v) is 1.77. The van der Waals surface area contributed by atoms with Gasteiger partial charge in [0.25, 0.3) is 0 Å². The molecule has 0 bridgehead atoms. The Morgan fingerprint density at radius 1 is 1.28 bits per heavy atom. The molecule has 0 saturated carbocycles. The lowest BCUT2D eigenvalue weighted by Gasteiger charge is -2.15. The molecule has 1 heterocycles. The molecule has 0 radical (unpaired) electrons. The summed E-state index contributed by atoms with van der Waals surface area (Å²) >= 11 is 0. The second kappa shape index (κ2) is 5.14. The number of aryl methyl sites for hydroxylation is 1. The molecule has 0 amide bonds. The van der Waals surface area contributed by atoms with Gasteiger partial charge in [0.05, 0.1) is 12.7 Å². The van der Waals surface area contributed by atoms with Gasteiger partial charge in [0, 0.05) is 17.5 Å². The second-order valence-corrected chi connectivity index (χ2v) is 3.99. The summed E-state index contributed by atoms with van der Waals surface area (Å²) in [6.07, 6.45) is 0.445. The SMILES string of the molecule is COc1cccc(F)c1C(O)c1ccc(C)nc1. The summed E-state index contributed by atoms with van der Waals surface area (Å²) in [4.78, 5) is 4.09. The number of pyridine rings is 1. The molecule has 4 heteroatoms. The van der Waals surface area contributed by atoms with Crippen LogP contribution >= 0.6 is 0 Å². The van der Waals surface area contributed by atoms with E-state index in [2.05, 4.69) is 4.98 Å². The minimum Gasteiger partial charge on any atom is -0.496 e. The Bertz CT molecular complexity index is 540. The van der Waals surface area contributed by atoms with Crippen LogP contribution in [0.5, 0.6) is 5.75 Å². The quantitative estimate of drug-likeness (QED) is 0.906. The van der Waals surface area contributed by atoms with Gasteiger partial charge in [-0.05, 0) is 25.1 Å². The molecule has 0 aliphatic carbocycles. The maximum absolute atomic E-state index is 13.8. The predicted molar refractivity (Wildman–Crippen MR) is 66.0 cm³/mol. The van der Waals surface area contributed by atoms with Crippen LogP contribution < -0.4 is 4.74 Å². The lowest BCUT2D eigenvalue weighted by molar-refractivity contribution is 0.208. The van der Waals surface area contributed by atoms with Crippen molar-refractivity contribution < 1.29 is 14.2 Å². The van der Waals surface area contributed by atoms with Crippen molar-refractivity contribution in [1.29, 1.82) is 0 Å². The van der Waals surface area contributed by atoms with Gasteiger partial charge in [0.1, 0.15) is 17.7 Å². The summed E-state index contributed by atoms with van der Waals surface area (Å²) in [5.74, 6) is -0.175. The third-order valence-electron chi connectivity index (χ3n) is 2.76. The van der Waals surface area contributed by atoms with Crippen molar-refractivity contribution in [2.75, 3.05) is 7.11 Å². The van der Waals surface area contributed by atoms with E-state index >= 15 is 0 Å². The monoisotopic (exact) mass is 247 g/mol. The zero-order valence-corrected chi connectivity index (χ0v) is 10.2. The lowest BCUT2D eigenvalue weighted by atomic mass is 10.0. The van der Waals surface area contributed by atoms with Gasteiger partial charge < -0.3 is 9.84 Å². The summed E-state index contributed by atoms with van der Waals surface area (Å²) in [5, 5.41) is 10.2. The highest BCUT2D eigenvalue weighted by Gasteiger charge is 2.19. The standard InChI is InChI=1S/C14H14FNO2/c1-9-6-7-10(8-16-9)14(17)13-11(15)4-3-5-12(13)18-2/h3-8,14,17H,1-2H3. The molecule has 0 aliphatic rings. The Morgan fingerprint density at radius 2 is 2.06 bits per heavy atom. The zero-order chi connectivity index (χ0) is 13.1. The van der Waals surface area contributed by atoms with Crippen LogP contribution in [0.3, 0.4) is 0 Å². The van der Waals surface area contributed by atoms with Gasteiger partial charge in [-0.25, -0.2) is 4.39 Å². The third-order valence-corrected chi connectivity index (χ3v) is 2.76. The first-order valence-corrected chi connectivity index (χ1v) is 5.56. The Morgan fingerprint density at radius 3 is 2.67 bits per heavy atom. The number of nitrogens with zero attached hydrogens (tertiary/aromatic N) is 1. The maximum atomic E-state index is 13.8. The number of hydrogen-bond acceptors (Lipinski definition) is 3. The molecule has 2 aromatic rings. The first-order chi connectivity index (χ1) is 8.63. The molecule has 0 fully saturated rings. The second-order valence-electron chi connectivity index (χ2n) is 3.99. The van der Waals surface area contributed by atoms with Crippen molar-refractivity contribution in [2.24, 2.45) is 0 Å². The number of methoxy groups -OCH3 is 1. The highest BCUT2D eigenvalue weighted by molar-refractivity contribution is 5.40. The van der Waals surface area contributed by atoms with E-state index in [9.17, 15) is 9.50 Å². The number of rotatable bonds is 3. The minimum absolute atomic E-state index is 0.130. The van der Waals surface area contributed by atoms with E-state index in [-0.39, 0.29) is 5.56 Å². The van der Waals surface area contributed by atoms with Crippen molar-refractivity contribution in [3.8, 4) is 5.75 Å². The van der Waals surface area contributed by atoms with Crippen LogP contribution in [0.2, 0.25) is 0 Å². The maximum Gasteiger partial charge on any atom is 0.133 e. The van der Waals surface area contributed by atoms with Crippen LogP contribution in [-0.4, -0.2) is 17.2 Å². The smallest absolute Gasteiger partial charge is 0.133 e. The van der Waals surface area contributed by atoms with Crippen molar-refractivity contribution in [3.05, 3.63) is 59.2 Å². The van der Waals surface area contributed by atoms with Crippen LogP contribution in [0.4, 0.5) is 4.39 Å². The van der Waals surface area contributed by atoms with Gasteiger partial charge in [-0.15, -0.1) is 0 Å². The van der Waals surface area contributed by atoms with E-state index in [4.69, 9.17) is 4.74 Å². The van der Waals surface area contributed by atoms with Crippen LogP contribution in [0.15, 0.2) is 36.5 Å². The first-order valence-electron chi connectivity index (χ1n) is 5.56. The van der Waals surface area contributed by atoms with Crippen molar-refractivity contribution in [1.82, 2.24) is 4.98 Å². The third kappa shape index (κ3) is 2.33. The van der Waals surface area contributed by atoms with Crippen molar-refractivity contribution in [3.63, 3.8) is 0 Å². The predicted octanol–water partition coefficient (Wildman–Crippen LogP) is 2.62. The van der Waals surface area contributed by atoms with Gasteiger partial charge in [0.15, 0.2) is 0 Å². The molecule has 1 aromatic carbocycles. The largest absolute Gasteiger partial charge is 0.496 e. The van der Waals surface area contributed by atoms with E-state index in [0.717, 1.165) is 5.69 Å². The summed E-state index contributed by atoms with van der Waals surface area (Å²) in [6, 6.07) is 7.94. The van der Waals surface area contributed by atoms with Crippen LogP contribution in [-0.2, 0) is 0 Å². The number of aliphatic hydroxyl groups excluding tert-OH is 1. The Hall–Kier alpha value is -1.94. The molecule has 0 saturated heterocycles. The molecule has 1 aromatic heterocycles. The fraction of sp³-hybridized carbons (Fsp3) is 0.214. The number of benzene rings is 1. The number of ether oxygens (including phenoxy) is 1. The molecule has 1 N–H and O–H groups in total. The molecule has 0 aliphatic heterocycles. The van der Waals surface area contributed by atoms with E-state index in [1.165, 1.54) is 25.4 Å².